The quantitative estimate of drug-likeness (QED) is 0.563. The minimum atomic E-state index is -4.50. The van der Waals surface area contributed by atoms with Crippen LogP contribution in [0.25, 0.3) is 5.69 Å². The lowest BCUT2D eigenvalue weighted by molar-refractivity contribution is -0.137. The van der Waals surface area contributed by atoms with Crippen LogP contribution >= 0.6 is 0 Å². The summed E-state index contributed by atoms with van der Waals surface area (Å²) in [6.45, 7) is 6.88. The van der Waals surface area contributed by atoms with Crippen molar-refractivity contribution in [3.63, 3.8) is 0 Å². The summed E-state index contributed by atoms with van der Waals surface area (Å²) < 4.78 is 45.9. The third kappa shape index (κ3) is 5.33. The standard InChI is InChI=1S/C23H23F3N4O3/c1-13-7-5-10-20(14(13)2)33-16(4)21(31)28-29-22(32)19-12-27-30(15(19)3)18-9-6-8-17(11-18)23(24,25)26/h5-12,16H,1-4H3,(H,28,31)(H,29,32). The van der Waals surface area contributed by atoms with Crippen LogP contribution in [0, 0.1) is 20.8 Å². The highest BCUT2D eigenvalue weighted by molar-refractivity contribution is 5.96. The molecule has 1 heterocycles. The summed E-state index contributed by atoms with van der Waals surface area (Å²) >= 11 is 0. The van der Waals surface area contributed by atoms with Crippen molar-refractivity contribution in [2.24, 2.45) is 0 Å². The van der Waals surface area contributed by atoms with Crippen LogP contribution in [0.5, 0.6) is 5.75 Å². The monoisotopic (exact) mass is 460 g/mol. The van der Waals surface area contributed by atoms with Gasteiger partial charge in [-0.25, -0.2) is 4.68 Å². The largest absolute Gasteiger partial charge is 0.481 e. The smallest absolute Gasteiger partial charge is 0.416 e. The molecule has 33 heavy (non-hydrogen) atoms. The lowest BCUT2D eigenvalue weighted by atomic mass is 10.1. The molecular weight excluding hydrogens is 437 g/mol. The number of halogens is 3. The molecule has 10 heteroatoms. The number of hydrogen-bond donors (Lipinski definition) is 2. The van der Waals surface area contributed by atoms with E-state index < -0.39 is 29.7 Å². The van der Waals surface area contributed by atoms with Gasteiger partial charge in [0.15, 0.2) is 6.10 Å². The van der Waals surface area contributed by atoms with E-state index in [-0.39, 0.29) is 11.3 Å². The summed E-state index contributed by atoms with van der Waals surface area (Å²) in [5.74, 6) is -0.688. The molecule has 1 unspecified atom stereocenters. The Morgan fingerprint density at radius 3 is 2.45 bits per heavy atom. The van der Waals surface area contributed by atoms with Crippen LogP contribution in [0.15, 0.2) is 48.7 Å². The molecule has 0 spiro atoms. The van der Waals surface area contributed by atoms with E-state index in [2.05, 4.69) is 16.0 Å². The summed E-state index contributed by atoms with van der Waals surface area (Å²) in [5.41, 5.74) is 6.21. The van der Waals surface area contributed by atoms with E-state index in [1.807, 2.05) is 26.0 Å². The average Bonchev–Trinajstić information content (AvgIpc) is 3.15. The molecule has 174 valence electrons. The van der Waals surface area contributed by atoms with Crippen molar-refractivity contribution in [2.75, 3.05) is 0 Å². The molecule has 1 aromatic heterocycles. The molecule has 0 aliphatic heterocycles. The minimum absolute atomic E-state index is 0.0933. The molecule has 0 fully saturated rings. The van der Waals surface area contributed by atoms with Gasteiger partial charge < -0.3 is 4.74 Å². The van der Waals surface area contributed by atoms with E-state index in [9.17, 15) is 22.8 Å². The molecule has 0 bridgehead atoms. The number of alkyl halides is 3. The van der Waals surface area contributed by atoms with Crippen LogP contribution in [0.3, 0.4) is 0 Å². The number of aromatic nitrogens is 2. The number of rotatable bonds is 5. The second-order valence-corrected chi connectivity index (χ2v) is 7.51. The molecule has 3 aromatic rings. The van der Waals surface area contributed by atoms with Crippen molar-refractivity contribution in [3.8, 4) is 11.4 Å². The first-order valence-electron chi connectivity index (χ1n) is 10.0. The molecule has 7 nitrogen and oxygen atoms in total. The van der Waals surface area contributed by atoms with E-state index >= 15 is 0 Å². The van der Waals surface area contributed by atoms with E-state index in [1.54, 1.807) is 13.0 Å². The summed E-state index contributed by atoms with van der Waals surface area (Å²) in [6, 6.07) is 10.1. The van der Waals surface area contributed by atoms with Crippen LogP contribution in [-0.2, 0) is 11.0 Å². The number of nitrogens with one attached hydrogen (secondary N) is 2. The molecule has 2 N–H and O–H groups in total. The maximum Gasteiger partial charge on any atom is 0.416 e. The zero-order valence-electron chi connectivity index (χ0n) is 18.4. The van der Waals surface area contributed by atoms with Gasteiger partial charge >= 0.3 is 6.18 Å². The molecule has 0 radical (unpaired) electrons. The lowest BCUT2D eigenvalue weighted by Gasteiger charge is -2.17. The van der Waals surface area contributed by atoms with E-state index in [4.69, 9.17) is 4.74 Å². The topological polar surface area (TPSA) is 85.2 Å². The van der Waals surface area contributed by atoms with Crippen LogP contribution in [0.4, 0.5) is 13.2 Å². The SMILES string of the molecule is Cc1cccc(OC(C)C(=O)NNC(=O)c2cnn(-c3cccc(C(F)(F)F)c3)c2C)c1C. The highest BCUT2D eigenvalue weighted by atomic mass is 19.4. The average molecular weight is 460 g/mol. The predicted octanol–water partition coefficient (Wildman–Crippen LogP) is 4.04. The number of amides is 2. The lowest BCUT2D eigenvalue weighted by Crippen LogP contribution is -2.47. The Morgan fingerprint density at radius 2 is 1.76 bits per heavy atom. The van der Waals surface area contributed by atoms with E-state index in [0.29, 0.717) is 11.4 Å². The summed E-state index contributed by atoms with van der Waals surface area (Å²) in [7, 11) is 0. The van der Waals surface area contributed by atoms with Gasteiger partial charge in [-0.1, -0.05) is 18.2 Å². The fourth-order valence-electron chi connectivity index (χ4n) is 3.09. The Balaban J connectivity index is 1.66. The highest BCUT2D eigenvalue weighted by Gasteiger charge is 2.31. The maximum atomic E-state index is 13.0. The predicted molar refractivity (Wildman–Crippen MR) is 115 cm³/mol. The van der Waals surface area contributed by atoms with E-state index in [1.165, 1.54) is 29.9 Å². The Labute approximate surface area is 188 Å². The van der Waals surface area contributed by atoms with Crippen molar-refractivity contribution in [1.29, 1.82) is 0 Å². The third-order valence-electron chi connectivity index (χ3n) is 5.20. The van der Waals surface area contributed by atoms with Crippen molar-refractivity contribution in [2.45, 2.75) is 40.0 Å². The number of carbonyl (C=O) groups excluding carboxylic acids is 2. The number of ether oxygens (including phenoxy) is 1. The highest BCUT2D eigenvalue weighted by Crippen LogP contribution is 2.30. The summed E-state index contributed by atoms with van der Waals surface area (Å²) in [6.07, 6.45) is -4.18. The fourth-order valence-corrected chi connectivity index (χ4v) is 3.09. The second kappa shape index (κ2) is 9.35. The van der Waals surface area contributed by atoms with Crippen molar-refractivity contribution in [3.05, 3.63) is 76.6 Å². The third-order valence-corrected chi connectivity index (χ3v) is 5.20. The Hall–Kier alpha value is -3.82. The maximum absolute atomic E-state index is 13.0. The number of hydrogen-bond acceptors (Lipinski definition) is 4. The molecule has 2 aromatic carbocycles. The van der Waals surface area contributed by atoms with Crippen LogP contribution in [-0.4, -0.2) is 27.7 Å². The van der Waals surface area contributed by atoms with Gasteiger partial charge in [-0.3, -0.25) is 20.4 Å². The fraction of sp³-hybridized carbons (Fsp3) is 0.261. The van der Waals surface area contributed by atoms with Gasteiger partial charge in [0.25, 0.3) is 11.8 Å². The van der Waals surface area contributed by atoms with Crippen molar-refractivity contribution >= 4 is 11.8 Å². The molecule has 3 rings (SSSR count). The summed E-state index contributed by atoms with van der Waals surface area (Å²) in [4.78, 5) is 24.9. The first-order valence-corrected chi connectivity index (χ1v) is 10.0. The molecular formula is C23H23F3N4O3. The second-order valence-electron chi connectivity index (χ2n) is 7.51. The molecule has 1 atom stereocenters. The van der Waals surface area contributed by atoms with Gasteiger partial charge in [-0.2, -0.15) is 18.3 Å². The Kier molecular flexibility index (Phi) is 6.75. The zero-order chi connectivity index (χ0) is 24.3. The van der Waals surface area contributed by atoms with Gasteiger partial charge in [-0.15, -0.1) is 0 Å². The minimum Gasteiger partial charge on any atom is -0.481 e. The summed E-state index contributed by atoms with van der Waals surface area (Å²) in [5, 5.41) is 4.02. The van der Waals surface area contributed by atoms with Crippen molar-refractivity contribution in [1.82, 2.24) is 20.6 Å². The van der Waals surface area contributed by atoms with Crippen molar-refractivity contribution < 1.29 is 27.5 Å². The number of benzene rings is 2. The normalized spacial score (nSPS) is 12.2. The van der Waals surface area contributed by atoms with Crippen LogP contribution in [0.2, 0.25) is 0 Å². The Morgan fingerprint density at radius 1 is 1.06 bits per heavy atom. The number of hydrazine groups is 1. The molecule has 0 saturated heterocycles. The van der Waals surface area contributed by atoms with Gasteiger partial charge in [0.05, 0.1) is 28.7 Å². The number of carbonyl (C=O) groups is 2. The Bertz CT molecular complexity index is 1190. The molecule has 0 aliphatic carbocycles. The van der Waals surface area contributed by atoms with Crippen LogP contribution in [0.1, 0.15) is 39.7 Å². The van der Waals surface area contributed by atoms with Gasteiger partial charge in [0.2, 0.25) is 0 Å². The molecule has 2 amide bonds. The molecule has 0 saturated carbocycles. The van der Waals surface area contributed by atoms with Gasteiger partial charge in [0.1, 0.15) is 5.75 Å². The van der Waals surface area contributed by atoms with Gasteiger partial charge in [0, 0.05) is 0 Å². The zero-order valence-corrected chi connectivity index (χ0v) is 18.4. The first-order chi connectivity index (χ1) is 15.5. The van der Waals surface area contributed by atoms with Crippen LogP contribution < -0.4 is 15.6 Å². The molecule has 0 aliphatic rings. The number of nitrogens with zero attached hydrogens (tertiary/aromatic N) is 2. The first kappa shape index (κ1) is 23.8. The number of aryl methyl sites for hydroxylation is 1. The van der Waals surface area contributed by atoms with Gasteiger partial charge in [-0.05, 0) is 63.1 Å². The van der Waals surface area contributed by atoms with E-state index in [0.717, 1.165) is 23.3 Å².